The van der Waals surface area contributed by atoms with E-state index < -0.39 is 10.0 Å². The number of aromatic nitrogens is 1. The number of hydrogen-bond donors (Lipinski definition) is 1. The van der Waals surface area contributed by atoms with Gasteiger partial charge in [0, 0.05) is 23.4 Å². The summed E-state index contributed by atoms with van der Waals surface area (Å²) in [6.07, 6.45) is 1.63. The van der Waals surface area contributed by atoms with E-state index in [-0.39, 0.29) is 10.8 Å². The molecule has 0 aliphatic carbocycles. The number of thiazole rings is 1. The van der Waals surface area contributed by atoms with E-state index in [9.17, 15) is 13.2 Å². The van der Waals surface area contributed by atoms with E-state index >= 15 is 0 Å². The zero-order valence-corrected chi connectivity index (χ0v) is 21.4. The molecule has 5 aromatic rings. The van der Waals surface area contributed by atoms with Gasteiger partial charge in [-0.05, 0) is 73.0 Å². The van der Waals surface area contributed by atoms with E-state index in [1.54, 1.807) is 23.5 Å². The molecular formula is C29H23N3O3S2. The molecule has 1 aliphatic rings. The van der Waals surface area contributed by atoms with Gasteiger partial charge in [-0.25, -0.2) is 13.4 Å². The van der Waals surface area contributed by atoms with Crippen LogP contribution in [0.3, 0.4) is 0 Å². The van der Waals surface area contributed by atoms with Gasteiger partial charge in [0.15, 0.2) is 0 Å². The highest BCUT2D eigenvalue weighted by Crippen LogP contribution is 2.33. The molecular weight excluding hydrogens is 502 g/mol. The molecule has 184 valence electrons. The summed E-state index contributed by atoms with van der Waals surface area (Å²) in [5.74, 6) is -0.311. The third-order valence-electron chi connectivity index (χ3n) is 6.43. The SMILES string of the molecule is O=C(Nc1cccc(-c2nc3ccccc3s2)c1)c1ccc(S(=O)(=O)N2CCCc3ccccc32)cc1. The number of rotatable bonds is 5. The monoisotopic (exact) mass is 525 g/mol. The van der Waals surface area contributed by atoms with E-state index in [4.69, 9.17) is 4.98 Å². The maximum Gasteiger partial charge on any atom is 0.264 e. The summed E-state index contributed by atoms with van der Waals surface area (Å²) in [6.45, 7) is 0.437. The molecule has 0 saturated carbocycles. The van der Waals surface area contributed by atoms with E-state index in [0.717, 1.165) is 44.9 Å². The van der Waals surface area contributed by atoms with Crippen molar-refractivity contribution in [2.24, 2.45) is 0 Å². The molecule has 0 spiro atoms. The number of nitrogens with zero attached hydrogens (tertiary/aromatic N) is 2. The molecule has 0 saturated heterocycles. The number of hydrogen-bond acceptors (Lipinski definition) is 5. The molecule has 1 N–H and O–H groups in total. The quantitative estimate of drug-likeness (QED) is 0.290. The smallest absolute Gasteiger partial charge is 0.264 e. The van der Waals surface area contributed by atoms with Crippen LogP contribution < -0.4 is 9.62 Å². The van der Waals surface area contributed by atoms with Gasteiger partial charge in [-0.3, -0.25) is 9.10 Å². The molecule has 1 amide bonds. The second-order valence-corrected chi connectivity index (χ2v) is 11.7. The summed E-state index contributed by atoms with van der Waals surface area (Å²) in [5.41, 5.74) is 4.64. The van der Waals surface area contributed by atoms with Crippen LogP contribution in [0, 0.1) is 0 Å². The van der Waals surface area contributed by atoms with Crippen LogP contribution >= 0.6 is 11.3 Å². The summed E-state index contributed by atoms with van der Waals surface area (Å²) in [5, 5.41) is 3.80. The van der Waals surface area contributed by atoms with Gasteiger partial charge in [0.25, 0.3) is 15.9 Å². The normalized spacial score (nSPS) is 13.4. The van der Waals surface area contributed by atoms with Crippen molar-refractivity contribution in [2.75, 3.05) is 16.2 Å². The lowest BCUT2D eigenvalue weighted by Crippen LogP contribution is -2.35. The second-order valence-electron chi connectivity index (χ2n) is 8.86. The van der Waals surface area contributed by atoms with Crippen LogP contribution in [0.2, 0.25) is 0 Å². The minimum Gasteiger partial charge on any atom is -0.322 e. The van der Waals surface area contributed by atoms with E-state index in [0.29, 0.717) is 17.8 Å². The van der Waals surface area contributed by atoms with Gasteiger partial charge in [-0.1, -0.05) is 42.5 Å². The van der Waals surface area contributed by atoms with Crippen LogP contribution in [0.4, 0.5) is 11.4 Å². The molecule has 0 radical (unpaired) electrons. The summed E-state index contributed by atoms with van der Waals surface area (Å²) in [7, 11) is -3.73. The molecule has 1 aromatic heterocycles. The number of nitrogens with one attached hydrogen (secondary N) is 1. The Hall–Kier alpha value is -4.01. The van der Waals surface area contributed by atoms with Gasteiger partial charge in [0.1, 0.15) is 5.01 Å². The lowest BCUT2D eigenvalue weighted by atomic mass is 10.0. The minimum absolute atomic E-state index is 0.165. The van der Waals surface area contributed by atoms with Crippen molar-refractivity contribution in [2.45, 2.75) is 17.7 Å². The zero-order chi connectivity index (χ0) is 25.4. The zero-order valence-electron chi connectivity index (χ0n) is 19.8. The Morgan fingerprint density at radius 1 is 0.892 bits per heavy atom. The van der Waals surface area contributed by atoms with Gasteiger partial charge < -0.3 is 5.32 Å². The van der Waals surface area contributed by atoms with Crippen LogP contribution in [0.5, 0.6) is 0 Å². The summed E-state index contributed by atoms with van der Waals surface area (Å²) in [6, 6.07) is 29.2. The molecule has 6 nitrogen and oxygen atoms in total. The largest absolute Gasteiger partial charge is 0.322 e. The molecule has 0 atom stereocenters. The first kappa shape index (κ1) is 23.4. The number of amides is 1. The van der Waals surface area contributed by atoms with Crippen molar-refractivity contribution in [1.82, 2.24) is 4.98 Å². The van der Waals surface area contributed by atoms with Crippen LogP contribution in [0.15, 0.2) is 102 Å². The van der Waals surface area contributed by atoms with Crippen LogP contribution in [-0.4, -0.2) is 25.9 Å². The summed E-state index contributed by atoms with van der Waals surface area (Å²) in [4.78, 5) is 17.8. The van der Waals surface area contributed by atoms with Crippen LogP contribution in [-0.2, 0) is 16.4 Å². The van der Waals surface area contributed by atoms with E-state index in [1.807, 2.05) is 72.8 Å². The van der Waals surface area contributed by atoms with Gasteiger partial charge in [-0.15, -0.1) is 11.3 Å². The lowest BCUT2D eigenvalue weighted by molar-refractivity contribution is 0.102. The van der Waals surface area contributed by atoms with E-state index in [1.165, 1.54) is 16.4 Å². The molecule has 2 heterocycles. The standard InChI is InChI=1S/C29H23N3O3S2/c33-28(30-23-10-5-8-22(19-23)29-31-25-11-2-4-13-27(25)36-29)21-14-16-24(17-15-21)37(34,35)32-18-6-9-20-7-1-3-12-26(20)32/h1-5,7-8,10-17,19H,6,9,18H2,(H,30,33). The molecule has 0 unspecified atom stereocenters. The summed E-state index contributed by atoms with van der Waals surface area (Å²) >= 11 is 1.60. The maximum absolute atomic E-state index is 13.4. The minimum atomic E-state index is -3.73. The predicted octanol–water partition coefficient (Wildman–Crippen LogP) is 6.36. The first-order valence-corrected chi connectivity index (χ1v) is 14.2. The van der Waals surface area contributed by atoms with Gasteiger partial charge >= 0.3 is 0 Å². The first-order valence-electron chi connectivity index (χ1n) is 12.0. The Balaban J connectivity index is 1.21. The molecule has 6 rings (SSSR count). The molecule has 4 aromatic carbocycles. The van der Waals surface area contributed by atoms with Crippen molar-refractivity contribution >= 4 is 48.9 Å². The Bertz CT molecular complexity index is 1690. The van der Waals surface area contributed by atoms with Gasteiger partial charge in [-0.2, -0.15) is 0 Å². The lowest BCUT2D eigenvalue weighted by Gasteiger charge is -2.30. The average molecular weight is 526 g/mol. The third kappa shape index (κ3) is 4.50. The second kappa shape index (κ2) is 9.46. The number of aryl methyl sites for hydroxylation is 1. The molecule has 37 heavy (non-hydrogen) atoms. The van der Waals surface area contributed by atoms with Crippen LogP contribution in [0.1, 0.15) is 22.3 Å². The number of sulfonamides is 1. The van der Waals surface area contributed by atoms with Crippen LogP contribution in [0.25, 0.3) is 20.8 Å². The summed E-state index contributed by atoms with van der Waals surface area (Å²) < 4.78 is 29.3. The van der Waals surface area contributed by atoms with Crippen molar-refractivity contribution < 1.29 is 13.2 Å². The topological polar surface area (TPSA) is 79.4 Å². The van der Waals surface area contributed by atoms with Crippen molar-refractivity contribution in [3.05, 3.63) is 108 Å². The third-order valence-corrected chi connectivity index (χ3v) is 9.35. The van der Waals surface area contributed by atoms with Crippen molar-refractivity contribution in [3.8, 4) is 10.6 Å². The number of anilines is 2. The fourth-order valence-electron chi connectivity index (χ4n) is 4.58. The fraction of sp³-hybridized carbons (Fsp3) is 0.103. The fourth-order valence-corrected chi connectivity index (χ4v) is 7.09. The highest BCUT2D eigenvalue weighted by Gasteiger charge is 2.29. The first-order chi connectivity index (χ1) is 18.0. The Labute approximate surface area is 219 Å². The van der Waals surface area contributed by atoms with Gasteiger partial charge in [0.05, 0.1) is 20.8 Å². The Morgan fingerprint density at radius 2 is 1.68 bits per heavy atom. The number of para-hydroxylation sites is 2. The van der Waals surface area contributed by atoms with Gasteiger partial charge in [0.2, 0.25) is 0 Å². The number of benzene rings is 4. The Kier molecular flexibility index (Phi) is 5.98. The molecule has 8 heteroatoms. The number of carbonyl (C=O) groups is 1. The molecule has 1 aliphatic heterocycles. The average Bonchev–Trinajstić information content (AvgIpc) is 3.37. The molecule has 0 bridgehead atoms. The number of carbonyl (C=O) groups excluding carboxylic acids is 1. The van der Waals surface area contributed by atoms with Crippen molar-refractivity contribution in [3.63, 3.8) is 0 Å². The van der Waals surface area contributed by atoms with Crippen molar-refractivity contribution in [1.29, 1.82) is 0 Å². The Morgan fingerprint density at radius 3 is 2.51 bits per heavy atom. The maximum atomic E-state index is 13.4. The highest BCUT2D eigenvalue weighted by molar-refractivity contribution is 7.92. The predicted molar refractivity (Wildman–Crippen MR) is 149 cm³/mol. The highest BCUT2D eigenvalue weighted by atomic mass is 32.2. The number of fused-ring (bicyclic) bond motifs is 2. The van der Waals surface area contributed by atoms with E-state index in [2.05, 4.69) is 5.32 Å². The molecule has 0 fully saturated rings.